The fraction of sp³-hybridized carbons (Fsp3) is 0.208. The van der Waals surface area contributed by atoms with Crippen LogP contribution in [0.25, 0.3) is 0 Å². The van der Waals surface area contributed by atoms with Gasteiger partial charge in [0.2, 0.25) is 0 Å². The molecule has 1 amide bonds. The van der Waals surface area contributed by atoms with Crippen LogP contribution in [0.15, 0.2) is 84.9 Å². The molecule has 0 saturated carbocycles. The van der Waals surface area contributed by atoms with Gasteiger partial charge < -0.3 is 9.80 Å². The number of carbonyl (C=O) groups is 1. The van der Waals surface area contributed by atoms with E-state index < -0.39 is 0 Å². The van der Waals surface area contributed by atoms with Crippen LogP contribution in [0.2, 0.25) is 5.02 Å². The lowest BCUT2D eigenvalue weighted by molar-refractivity contribution is -0.929. The van der Waals surface area contributed by atoms with Crippen molar-refractivity contribution in [3.8, 4) is 0 Å². The van der Waals surface area contributed by atoms with E-state index in [1.165, 1.54) is 16.0 Å². The molecule has 4 heteroatoms. The summed E-state index contributed by atoms with van der Waals surface area (Å²) in [7, 11) is 0. The summed E-state index contributed by atoms with van der Waals surface area (Å²) in [5.74, 6) is 0.0895. The van der Waals surface area contributed by atoms with Crippen molar-refractivity contribution in [1.82, 2.24) is 4.90 Å². The highest BCUT2D eigenvalue weighted by molar-refractivity contribution is 6.30. The van der Waals surface area contributed by atoms with E-state index >= 15 is 0 Å². The molecule has 3 nitrogen and oxygen atoms in total. The van der Waals surface area contributed by atoms with Crippen LogP contribution in [0.4, 0.5) is 0 Å². The van der Waals surface area contributed by atoms with E-state index in [-0.39, 0.29) is 11.9 Å². The predicted octanol–water partition coefficient (Wildman–Crippen LogP) is 3.47. The molecule has 1 N–H and O–H groups in total. The number of nitrogens with zero attached hydrogens (tertiary/aromatic N) is 1. The monoisotopic (exact) mass is 391 g/mol. The molecule has 142 valence electrons. The van der Waals surface area contributed by atoms with Gasteiger partial charge in [0, 0.05) is 21.7 Å². The van der Waals surface area contributed by atoms with Crippen LogP contribution in [0, 0.1) is 0 Å². The number of benzene rings is 3. The summed E-state index contributed by atoms with van der Waals surface area (Å²) >= 11 is 5.94. The van der Waals surface area contributed by atoms with Gasteiger partial charge in [-0.2, -0.15) is 0 Å². The van der Waals surface area contributed by atoms with Crippen molar-refractivity contribution in [1.29, 1.82) is 0 Å². The third kappa shape index (κ3) is 4.11. The first-order valence-corrected chi connectivity index (χ1v) is 10.1. The molecule has 28 heavy (non-hydrogen) atoms. The SMILES string of the molecule is O=C(c1ccc(Cl)cc1)N1CC[NH+](C(c2ccccc2)c2ccccc2)CC1. The Bertz CT molecular complexity index is 865. The van der Waals surface area contributed by atoms with Gasteiger partial charge in [-0.1, -0.05) is 72.3 Å². The molecule has 0 unspecified atom stereocenters. The van der Waals surface area contributed by atoms with Gasteiger partial charge in [0.1, 0.15) is 6.04 Å². The number of hydrogen-bond acceptors (Lipinski definition) is 1. The number of amides is 1. The molecule has 1 fully saturated rings. The molecule has 3 aromatic rings. The smallest absolute Gasteiger partial charge is 0.254 e. The molecule has 3 aromatic carbocycles. The second-order valence-corrected chi connectivity index (χ2v) is 7.65. The maximum atomic E-state index is 12.8. The van der Waals surface area contributed by atoms with Gasteiger partial charge in [-0.15, -0.1) is 0 Å². The Balaban J connectivity index is 1.50. The molecule has 1 saturated heterocycles. The lowest BCUT2D eigenvalue weighted by atomic mass is 9.96. The Hall–Kier alpha value is -2.62. The van der Waals surface area contributed by atoms with Gasteiger partial charge >= 0.3 is 0 Å². The maximum Gasteiger partial charge on any atom is 0.254 e. The largest absolute Gasteiger partial charge is 0.327 e. The zero-order chi connectivity index (χ0) is 19.3. The average molecular weight is 392 g/mol. The van der Waals surface area contributed by atoms with Crippen molar-refractivity contribution in [3.63, 3.8) is 0 Å². The summed E-state index contributed by atoms with van der Waals surface area (Å²) in [6, 6.07) is 28.8. The van der Waals surface area contributed by atoms with Crippen LogP contribution in [0.3, 0.4) is 0 Å². The normalized spacial score (nSPS) is 15.0. The quantitative estimate of drug-likeness (QED) is 0.723. The van der Waals surface area contributed by atoms with Crippen LogP contribution < -0.4 is 4.90 Å². The standard InChI is InChI=1S/C24H23ClN2O/c25-22-13-11-21(12-14-22)24(28)27-17-15-26(16-18-27)23(19-7-3-1-4-8-19)20-9-5-2-6-10-20/h1-14,23H,15-18H2/p+1. The van der Waals surface area contributed by atoms with Crippen LogP contribution in [0.5, 0.6) is 0 Å². The number of hydrogen-bond donors (Lipinski definition) is 1. The zero-order valence-corrected chi connectivity index (χ0v) is 16.5. The third-order valence-corrected chi connectivity index (χ3v) is 5.71. The predicted molar refractivity (Wildman–Crippen MR) is 113 cm³/mol. The minimum atomic E-state index is 0.0895. The molecule has 1 aliphatic rings. The summed E-state index contributed by atoms with van der Waals surface area (Å²) in [6.45, 7) is 3.36. The minimum Gasteiger partial charge on any atom is -0.327 e. The summed E-state index contributed by atoms with van der Waals surface area (Å²) < 4.78 is 0. The van der Waals surface area contributed by atoms with E-state index in [0.29, 0.717) is 10.6 Å². The first kappa shape index (κ1) is 18.7. The summed E-state index contributed by atoms with van der Waals surface area (Å²) in [5, 5.41) is 0.652. The van der Waals surface area contributed by atoms with Gasteiger partial charge in [-0.3, -0.25) is 4.79 Å². The zero-order valence-electron chi connectivity index (χ0n) is 15.7. The van der Waals surface area contributed by atoms with Crippen molar-refractivity contribution >= 4 is 17.5 Å². The van der Waals surface area contributed by atoms with Crippen LogP contribution in [-0.4, -0.2) is 37.0 Å². The second-order valence-electron chi connectivity index (χ2n) is 7.21. The Labute approximate surface area is 171 Å². The average Bonchev–Trinajstić information content (AvgIpc) is 2.76. The molecule has 1 aliphatic heterocycles. The third-order valence-electron chi connectivity index (χ3n) is 5.46. The number of piperazine rings is 1. The molecule has 0 spiro atoms. The van der Waals surface area contributed by atoms with Crippen molar-refractivity contribution in [2.24, 2.45) is 0 Å². The van der Waals surface area contributed by atoms with E-state index in [0.717, 1.165) is 26.2 Å². The first-order chi connectivity index (χ1) is 13.7. The highest BCUT2D eigenvalue weighted by atomic mass is 35.5. The fourth-order valence-corrected chi connectivity index (χ4v) is 4.14. The molecule has 0 bridgehead atoms. The molecule has 0 aliphatic carbocycles. The molecule has 0 radical (unpaired) electrons. The number of rotatable bonds is 4. The molecular weight excluding hydrogens is 368 g/mol. The highest BCUT2D eigenvalue weighted by Gasteiger charge is 2.31. The minimum absolute atomic E-state index is 0.0895. The lowest BCUT2D eigenvalue weighted by Gasteiger charge is -2.37. The second kappa shape index (κ2) is 8.59. The molecule has 1 heterocycles. The van der Waals surface area contributed by atoms with E-state index in [1.807, 2.05) is 4.90 Å². The van der Waals surface area contributed by atoms with Crippen LogP contribution in [-0.2, 0) is 0 Å². The number of carbonyl (C=O) groups excluding carboxylic acids is 1. The maximum absolute atomic E-state index is 12.8. The van der Waals surface area contributed by atoms with Crippen LogP contribution >= 0.6 is 11.6 Å². The highest BCUT2D eigenvalue weighted by Crippen LogP contribution is 2.19. The van der Waals surface area contributed by atoms with E-state index in [9.17, 15) is 4.79 Å². The Morgan fingerprint density at radius 2 is 1.29 bits per heavy atom. The molecular formula is C24H24ClN2O+. The van der Waals surface area contributed by atoms with Gasteiger partial charge in [-0.25, -0.2) is 0 Å². The molecule has 0 aromatic heterocycles. The van der Waals surface area contributed by atoms with E-state index in [4.69, 9.17) is 11.6 Å². The van der Waals surface area contributed by atoms with Crippen molar-refractivity contribution < 1.29 is 9.69 Å². The number of halogens is 1. The fourth-order valence-electron chi connectivity index (χ4n) is 4.02. The number of quaternary nitrogens is 1. The van der Waals surface area contributed by atoms with Crippen LogP contribution in [0.1, 0.15) is 27.5 Å². The van der Waals surface area contributed by atoms with E-state index in [1.54, 1.807) is 24.3 Å². The lowest BCUT2D eigenvalue weighted by Crippen LogP contribution is -3.15. The Morgan fingerprint density at radius 3 is 1.79 bits per heavy atom. The van der Waals surface area contributed by atoms with Gasteiger partial charge in [-0.05, 0) is 24.3 Å². The van der Waals surface area contributed by atoms with E-state index in [2.05, 4.69) is 60.7 Å². The Morgan fingerprint density at radius 1 is 0.786 bits per heavy atom. The van der Waals surface area contributed by atoms with Crippen molar-refractivity contribution in [3.05, 3.63) is 107 Å². The molecule has 0 atom stereocenters. The van der Waals surface area contributed by atoms with Crippen molar-refractivity contribution in [2.45, 2.75) is 6.04 Å². The van der Waals surface area contributed by atoms with Gasteiger partial charge in [0.25, 0.3) is 5.91 Å². The Kier molecular flexibility index (Phi) is 5.75. The summed E-state index contributed by atoms with van der Waals surface area (Å²) in [6.07, 6.45) is 0. The summed E-state index contributed by atoms with van der Waals surface area (Å²) in [5.41, 5.74) is 3.35. The van der Waals surface area contributed by atoms with Gasteiger partial charge in [0.15, 0.2) is 0 Å². The van der Waals surface area contributed by atoms with Gasteiger partial charge in [0.05, 0.1) is 26.2 Å². The molecule has 4 rings (SSSR count). The summed E-state index contributed by atoms with van der Waals surface area (Å²) in [4.78, 5) is 16.3. The van der Waals surface area contributed by atoms with Crippen molar-refractivity contribution in [2.75, 3.05) is 26.2 Å². The first-order valence-electron chi connectivity index (χ1n) is 9.72. The number of nitrogens with one attached hydrogen (secondary N) is 1. The topological polar surface area (TPSA) is 24.8 Å².